The van der Waals surface area contributed by atoms with Crippen LogP contribution in [0, 0.1) is 5.41 Å². The summed E-state index contributed by atoms with van der Waals surface area (Å²) in [5.74, 6) is 1.51. The summed E-state index contributed by atoms with van der Waals surface area (Å²) in [4.78, 5) is 0. The molecule has 0 heterocycles. The normalized spacial score (nSPS) is 11.4. The van der Waals surface area contributed by atoms with E-state index >= 15 is 0 Å². The lowest BCUT2D eigenvalue weighted by molar-refractivity contribution is 0.157. The molecule has 0 bridgehead atoms. The molecule has 0 saturated carbocycles. The average molecular weight is 267 g/mol. The van der Waals surface area contributed by atoms with Gasteiger partial charge in [0.2, 0.25) is 0 Å². The molecule has 0 amide bonds. The molecule has 0 radical (unpaired) electrons. The Bertz CT molecular complexity index is 391. The lowest BCUT2D eigenvalue weighted by Gasteiger charge is -2.21. The minimum atomic E-state index is -0.0718. The summed E-state index contributed by atoms with van der Waals surface area (Å²) in [5, 5.41) is 12.5. The zero-order valence-electron chi connectivity index (χ0n) is 12.3. The van der Waals surface area contributed by atoms with Gasteiger partial charge in [-0.1, -0.05) is 19.9 Å². The van der Waals surface area contributed by atoms with Crippen molar-refractivity contribution >= 4 is 0 Å². The molecule has 0 aliphatic carbocycles. The predicted octanol–water partition coefficient (Wildman–Crippen LogP) is 1.85. The lowest BCUT2D eigenvalue weighted by Crippen LogP contribution is -2.33. The Kier molecular flexibility index (Phi) is 6.12. The summed E-state index contributed by atoms with van der Waals surface area (Å²) in [6.45, 7) is 5.94. The maximum absolute atomic E-state index is 9.17. The van der Waals surface area contributed by atoms with E-state index in [9.17, 15) is 0 Å². The van der Waals surface area contributed by atoms with Gasteiger partial charge in [-0.15, -0.1) is 0 Å². The minimum absolute atomic E-state index is 0.0718. The van der Waals surface area contributed by atoms with Crippen LogP contribution >= 0.6 is 0 Å². The Balaban J connectivity index is 2.46. The third kappa shape index (κ3) is 5.09. The van der Waals surface area contributed by atoms with Gasteiger partial charge in [-0.2, -0.15) is 0 Å². The number of hydrogen-bond acceptors (Lipinski definition) is 4. The van der Waals surface area contributed by atoms with Crippen LogP contribution in [0.3, 0.4) is 0 Å². The molecule has 0 spiro atoms. The number of benzene rings is 1. The van der Waals surface area contributed by atoms with Crippen LogP contribution in [0.25, 0.3) is 0 Å². The van der Waals surface area contributed by atoms with Crippen LogP contribution in [0.5, 0.6) is 11.5 Å². The lowest BCUT2D eigenvalue weighted by atomic mass is 9.95. The second-order valence-electron chi connectivity index (χ2n) is 5.44. The van der Waals surface area contributed by atoms with E-state index in [2.05, 4.69) is 5.32 Å². The fourth-order valence-corrected chi connectivity index (χ4v) is 1.75. The van der Waals surface area contributed by atoms with E-state index in [0.29, 0.717) is 0 Å². The summed E-state index contributed by atoms with van der Waals surface area (Å²) < 4.78 is 10.5. The van der Waals surface area contributed by atoms with Gasteiger partial charge in [0.05, 0.1) is 14.2 Å². The molecular weight excluding hydrogens is 242 g/mol. The van der Waals surface area contributed by atoms with E-state index in [-0.39, 0.29) is 12.0 Å². The molecule has 0 aromatic heterocycles. The van der Waals surface area contributed by atoms with E-state index in [1.54, 1.807) is 14.2 Å². The Morgan fingerprint density at radius 2 is 1.84 bits per heavy atom. The highest BCUT2D eigenvalue weighted by atomic mass is 16.5. The average Bonchev–Trinajstić information content (AvgIpc) is 2.43. The first-order valence-electron chi connectivity index (χ1n) is 6.55. The molecule has 1 rings (SSSR count). The van der Waals surface area contributed by atoms with Gasteiger partial charge in [0.25, 0.3) is 0 Å². The summed E-state index contributed by atoms with van der Waals surface area (Å²) in [5.41, 5.74) is 1.13. The topological polar surface area (TPSA) is 50.7 Å². The van der Waals surface area contributed by atoms with Gasteiger partial charge in [-0.3, -0.25) is 0 Å². The Morgan fingerprint density at radius 3 is 2.42 bits per heavy atom. The SMILES string of the molecule is COc1ccc(CCNCC(C)(C)CO)cc1OC. The molecule has 0 aliphatic heterocycles. The van der Waals surface area contributed by atoms with Gasteiger partial charge < -0.3 is 19.9 Å². The van der Waals surface area contributed by atoms with Gasteiger partial charge in [0, 0.05) is 18.6 Å². The summed E-state index contributed by atoms with van der Waals surface area (Å²) >= 11 is 0. The van der Waals surface area contributed by atoms with Gasteiger partial charge in [0.15, 0.2) is 11.5 Å². The van der Waals surface area contributed by atoms with Crippen molar-refractivity contribution in [1.82, 2.24) is 5.32 Å². The molecular formula is C15H25NO3. The van der Waals surface area contributed by atoms with Crippen LogP contribution < -0.4 is 14.8 Å². The van der Waals surface area contributed by atoms with Crippen LogP contribution in [-0.2, 0) is 6.42 Å². The van der Waals surface area contributed by atoms with Crippen LogP contribution in [0.2, 0.25) is 0 Å². The molecule has 19 heavy (non-hydrogen) atoms. The van der Waals surface area contributed by atoms with Gasteiger partial charge in [-0.25, -0.2) is 0 Å². The first kappa shape index (κ1) is 15.8. The van der Waals surface area contributed by atoms with Gasteiger partial charge in [0.1, 0.15) is 0 Å². The van der Waals surface area contributed by atoms with Crippen LogP contribution in [-0.4, -0.2) is 39.0 Å². The molecule has 0 atom stereocenters. The predicted molar refractivity (Wildman–Crippen MR) is 77.0 cm³/mol. The maximum Gasteiger partial charge on any atom is 0.160 e. The third-order valence-corrected chi connectivity index (χ3v) is 3.07. The van der Waals surface area contributed by atoms with Crippen LogP contribution in [0.1, 0.15) is 19.4 Å². The second-order valence-corrected chi connectivity index (χ2v) is 5.44. The number of nitrogens with one attached hydrogen (secondary N) is 1. The molecule has 2 N–H and O–H groups in total. The van der Waals surface area contributed by atoms with Crippen LogP contribution in [0.15, 0.2) is 18.2 Å². The standard InChI is InChI=1S/C15H25NO3/c1-15(2,11-17)10-16-8-7-12-5-6-13(18-3)14(9-12)19-4/h5-6,9,16-17H,7-8,10-11H2,1-4H3. The fourth-order valence-electron chi connectivity index (χ4n) is 1.75. The monoisotopic (exact) mass is 267 g/mol. The van der Waals surface area contributed by atoms with Crippen molar-refractivity contribution in [3.8, 4) is 11.5 Å². The molecule has 0 fully saturated rings. The van der Waals surface area contributed by atoms with Crippen molar-refractivity contribution in [2.45, 2.75) is 20.3 Å². The molecule has 4 heteroatoms. The van der Waals surface area contributed by atoms with Crippen molar-refractivity contribution in [2.75, 3.05) is 33.9 Å². The van der Waals surface area contributed by atoms with Crippen molar-refractivity contribution < 1.29 is 14.6 Å². The second kappa shape index (κ2) is 7.36. The van der Waals surface area contributed by atoms with Crippen LogP contribution in [0.4, 0.5) is 0 Å². The highest BCUT2D eigenvalue weighted by Gasteiger charge is 2.15. The first-order chi connectivity index (χ1) is 9.02. The Hall–Kier alpha value is -1.26. The van der Waals surface area contributed by atoms with Gasteiger partial charge in [-0.05, 0) is 30.7 Å². The smallest absolute Gasteiger partial charge is 0.160 e. The molecule has 1 aromatic rings. The highest BCUT2D eigenvalue weighted by Crippen LogP contribution is 2.27. The fraction of sp³-hybridized carbons (Fsp3) is 0.600. The zero-order valence-corrected chi connectivity index (χ0v) is 12.3. The van der Waals surface area contributed by atoms with Gasteiger partial charge >= 0.3 is 0 Å². The molecule has 0 saturated heterocycles. The first-order valence-corrected chi connectivity index (χ1v) is 6.55. The quantitative estimate of drug-likeness (QED) is 0.706. The summed E-state index contributed by atoms with van der Waals surface area (Å²) in [6, 6.07) is 5.96. The Morgan fingerprint density at radius 1 is 1.16 bits per heavy atom. The number of methoxy groups -OCH3 is 2. The van der Waals surface area contributed by atoms with E-state index in [4.69, 9.17) is 14.6 Å². The van der Waals surface area contributed by atoms with Crippen molar-refractivity contribution in [3.63, 3.8) is 0 Å². The molecule has 4 nitrogen and oxygen atoms in total. The Labute approximate surface area is 115 Å². The number of ether oxygens (including phenoxy) is 2. The maximum atomic E-state index is 9.17. The third-order valence-electron chi connectivity index (χ3n) is 3.07. The number of hydrogen-bond donors (Lipinski definition) is 2. The zero-order chi connectivity index (χ0) is 14.3. The largest absolute Gasteiger partial charge is 0.493 e. The number of aliphatic hydroxyl groups is 1. The van der Waals surface area contributed by atoms with Crippen molar-refractivity contribution in [1.29, 1.82) is 0 Å². The molecule has 0 unspecified atom stereocenters. The highest BCUT2D eigenvalue weighted by molar-refractivity contribution is 5.42. The minimum Gasteiger partial charge on any atom is -0.493 e. The van der Waals surface area contributed by atoms with E-state index in [1.807, 2.05) is 32.0 Å². The van der Waals surface area contributed by atoms with E-state index in [0.717, 1.165) is 31.0 Å². The summed E-state index contributed by atoms with van der Waals surface area (Å²) in [6.07, 6.45) is 0.919. The number of rotatable bonds is 8. The molecule has 0 aliphatic rings. The van der Waals surface area contributed by atoms with Crippen molar-refractivity contribution in [2.24, 2.45) is 5.41 Å². The molecule has 108 valence electrons. The number of aliphatic hydroxyl groups excluding tert-OH is 1. The summed E-state index contributed by atoms with van der Waals surface area (Å²) in [7, 11) is 3.28. The van der Waals surface area contributed by atoms with E-state index in [1.165, 1.54) is 5.56 Å². The molecule has 1 aromatic carbocycles. The van der Waals surface area contributed by atoms with E-state index < -0.39 is 0 Å². The van der Waals surface area contributed by atoms with Crippen molar-refractivity contribution in [3.05, 3.63) is 23.8 Å².